The van der Waals surface area contributed by atoms with Gasteiger partial charge in [-0.25, -0.2) is 4.79 Å². The smallest absolute Gasteiger partial charge is 0.331 e. The number of hydrogen-bond donors (Lipinski definition) is 0. The van der Waals surface area contributed by atoms with E-state index in [0.29, 0.717) is 51.4 Å². The van der Waals surface area contributed by atoms with Crippen LogP contribution in [0, 0.1) is 17.8 Å². The lowest BCUT2D eigenvalue weighted by Gasteiger charge is -2.48. The van der Waals surface area contributed by atoms with Gasteiger partial charge in [-0.3, -0.25) is 4.79 Å². The Kier molecular flexibility index (Phi) is 19.5. The summed E-state index contributed by atoms with van der Waals surface area (Å²) in [6.07, 6.45) is 29.8. The first-order valence-electron chi connectivity index (χ1n) is 24.4. The second-order valence-electron chi connectivity index (χ2n) is 21.0. The first-order chi connectivity index (χ1) is 31.0. The monoisotopic (exact) mass is 923 g/mol. The van der Waals surface area contributed by atoms with Crippen molar-refractivity contribution < 1.29 is 57.0 Å². The van der Waals surface area contributed by atoms with E-state index >= 15 is 0 Å². The molecule has 0 radical (unpaired) electrons. The molecule has 370 valence electrons. The minimum absolute atomic E-state index is 0.0476. The Bertz CT molecular complexity index is 1780. The number of hydrogen-bond acceptors (Lipinski definition) is 12. The van der Waals surface area contributed by atoms with Gasteiger partial charge < -0.3 is 47.4 Å². The molecular weight excluding hydrogens is 841 g/mol. The Morgan fingerprint density at radius 1 is 0.561 bits per heavy atom. The van der Waals surface area contributed by atoms with Gasteiger partial charge >= 0.3 is 11.9 Å². The standard InChI is InChI=1S/C54H82O12/c1-36(2)50-37(3)27-28-40-29-41(60-51(6,7)59-40)30-42-31-43(62-52(8,9)61-42)32-44-33-45(64-53(10,11)63-44)34-46-35-48(66-54(12,13)65-46)38(4)47(57-39(5)55)25-23-21-19-17-15-14-16-18-20-22-24-26-49(56)58-50/h14-24,26-28,36-38,40-48,50H,25,29-35H2,1-13H3/t37-,38+,40-,41-,42-,43-,44+,45+,46+,47-,48+,50-/m0/s1. The Labute approximate surface area is 396 Å². The number of rotatable bonds is 2. The van der Waals surface area contributed by atoms with Crippen molar-refractivity contribution in [1.29, 1.82) is 0 Å². The maximum atomic E-state index is 12.9. The van der Waals surface area contributed by atoms with Crippen LogP contribution in [0.15, 0.2) is 85.1 Å². The lowest BCUT2D eigenvalue weighted by molar-refractivity contribution is -0.340. The lowest BCUT2D eigenvalue weighted by atomic mass is 9.88. The molecule has 4 fully saturated rings. The highest BCUT2D eigenvalue weighted by Gasteiger charge is 2.46. The van der Waals surface area contributed by atoms with Crippen molar-refractivity contribution in [3.05, 3.63) is 85.1 Å². The number of cyclic esters (lactones) is 1. The zero-order valence-electron chi connectivity index (χ0n) is 42.1. The number of esters is 2. The summed E-state index contributed by atoms with van der Waals surface area (Å²) >= 11 is 0. The molecule has 0 N–H and O–H groups in total. The minimum Gasteiger partial charge on any atom is -0.462 e. The molecule has 4 saturated heterocycles. The van der Waals surface area contributed by atoms with Crippen molar-refractivity contribution in [2.75, 3.05) is 0 Å². The summed E-state index contributed by atoms with van der Waals surface area (Å²) in [5.74, 6) is -4.03. The average Bonchev–Trinajstić information content (AvgIpc) is 3.17. The molecule has 0 spiro atoms. The number of allylic oxidation sites excluding steroid dienone is 10. The van der Waals surface area contributed by atoms with Crippen LogP contribution < -0.4 is 0 Å². The zero-order chi connectivity index (χ0) is 48.3. The molecule has 8 bridgehead atoms. The lowest BCUT2D eigenvalue weighted by Crippen LogP contribution is -2.52. The molecule has 0 saturated carbocycles. The fourth-order valence-corrected chi connectivity index (χ4v) is 10.1. The van der Waals surface area contributed by atoms with Crippen molar-refractivity contribution in [2.24, 2.45) is 17.8 Å². The SMILES string of the molecule is CC(=O)O[C@H]1CC=CC=CC=CC=CC=CC=CC(=O)O[C@@H](C(C)C)[C@@H](C)C=C[C@H]2C[C@@H](C[C@H]3C[C@@H](C[C@@H]4C[C@H](C[C@@H]5C[C@@H](OC(C)(C)O5)[C@@H]1C)OC(C)(C)O4)OC(C)(C)O3)OC(C)(C)O2. The van der Waals surface area contributed by atoms with Crippen molar-refractivity contribution in [2.45, 2.75) is 226 Å². The molecule has 5 heterocycles. The molecule has 0 aromatic rings. The third kappa shape index (κ3) is 18.0. The van der Waals surface area contributed by atoms with Crippen LogP contribution in [0.25, 0.3) is 0 Å². The van der Waals surface area contributed by atoms with Gasteiger partial charge in [-0.05, 0) is 61.3 Å². The molecular formula is C54H82O12. The van der Waals surface area contributed by atoms with E-state index in [-0.39, 0.29) is 90.7 Å². The first kappa shape index (κ1) is 53.8. The summed E-state index contributed by atoms with van der Waals surface area (Å²) in [7, 11) is 0. The van der Waals surface area contributed by atoms with Gasteiger partial charge in [0, 0.05) is 76.2 Å². The Morgan fingerprint density at radius 3 is 1.44 bits per heavy atom. The maximum absolute atomic E-state index is 12.9. The normalized spacial score (nSPS) is 36.9. The Morgan fingerprint density at radius 2 is 0.970 bits per heavy atom. The summed E-state index contributed by atoms with van der Waals surface area (Å²) in [4.78, 5) is 25.2. The van der Waals surface area contributed by atoms with Crippen molar-refractivity contribution in [3.8, 4) is 0 Å². The third-order valence-corrected chi connectivity index (χ3v) is 12.5. The molecule has 5 rings (SSSR count). The first-order valence-corrected chi connectivity index (χ1v) is 24.4. The van der Waals surface area contributed by atoms with Crippen LogP contribution in [-0.4, -0.2) is 96.1 Å². The summed E-state index contributed by atoms with van der Waals surface area (Å²) in [5.41, 5.74) is 0. The number of carbonyl (C=O) groups excluding carboxylic acids is 2. The van der Waals surface area contributed by atoms with Crippen molar-refractivity contribution >= 4 is 11.9 Å². The van der Waals surface area contributed by atoms with E-state index in [4.69, 9.17) is 47.4 Å². The Hall–Kier alpha value is -3.20. The molecule has 12 heteroatoms. The highest BCUT2D eigenvalue weighted by molar-refractivity contribution is 5.82. The van der Waals surface area contributed by atoms with Crippen LogP contribution in [-0.2, 0) is 57.0 Å². The van der Waals surface area contributed by atoms with Crippen LogP contribution in [0.2, 0.25) is 0 Å². The third-order valence-electron chi connectivity index (χ3n) is 12.5. The van der Waals surface area contributed by atoms with Crippen LogP contribution >= 0.6 is 0 Å². The molecule has 5 aliphatic heterocycles. The van der Waals surface area contributed by atoms with Gasteiger partial charge in [-0.2, -0.15) is 0 Å². The summed E-state index contributed by atoms with van der Waals surface area (Å²) in [6, 6.07) is 0. The van der Waals surface area contributed by atoms with Crippen LogP contribution in [0.4, 0.5) is 0 Å². The van der Waals surface area contributed by atoms with Gasteiger partial charge in [0.1, 0.15) is 12.2 Å². The predicted molar refractivity (Wildman–Crippen MR) is 255 cm³/mol. The van der Waals surface area contributed by atoms with Gasteiger partial charge in [-0.15, -0.1) is 0 Å². The van der Waals surface area contributed by atoms with E-state index in [0.717, 1.165) is 0 Å². The molecule has 0 unspecified atom stereocenters. The minimum atomic E-state index is -0.845. The van der Waals surface area contributed by atoms with Gasteiger partial charge in [-0.1, -0.05) is 107 Å². The van der Waals surface area contributed by atoms with Crippen LogP contribution in [0.3, 0.4) is 0 Å². The Balaban J connectivity index is 1.36. The molecule has 0 aromatic carbocycles. The molecule has 0 amide bonds. The molecule has 66 heavy (non-hydrogen) atoms. The second-order valence-corrected chi connectivity index (χ2v) is 21.0. The van der Waals surface area contributed by atoms with Gasteiger partial charge in [0.15, 0.2) is 23.1 Å². The van der Waals surface area contributed by atoms with E-state index < -0.39 is 23.1 Å². The topological polar surface area (TPSA) is 126 Å². The zero-order valence-corrected chi connectivity index (χ0v) is 42.1. The summed E-state index contributed by atoms with van der Waals surface area (Å²) in [5, 5.41) is 0. The molecule has 0 aromatic heterocycles. The van der Waals surface area contributed by atoms with Crippen LogP contribution in [0.1, 0.15) is 141 Å². The van der Waals surface area contributed by atoms with Crippen molar-refractivity contribution in [3.63, 3.8) is 0 Å². The predicted octanol–water partition coefficient (Wildman–Crippen LogP) is 10.9. The summed E-state index contributed by atoms with van der Waals surface area (Å²) < 4.78 is 64.2. The molecule has 12 nitrogen and oxygen atoms in total. The number of fused-ring (bicyclic) bond motifs is 8. The fourth-order valence-electron chi connectivity index (χ4n) is 10.1. The largest absolute Gasteiger partial charge is 0.462 e. The van der Waals surface area contributed by atoms with E-state index in [1.54, 1.807) is 12.2 Å². The van der Waals surface area contributed by atoms with E-state index in [2.05, 4.69) is 39.8 Å². The van der Waals surface area contributed by atoms with E-state index in [1.165, 1.54) is 13.0 Å². The fraction of sp³-hybridized carbons (Fsp3) is 0.704. The highest BCUT2D eigenvalue weighted by atomic mass is 16.7. The molecule has 5 aliphatic rings. The van der Waals surface area contributed by atoms with Gasteiger partial charge in [0.25, 0.3) is 0 Å². The van der Waals surface area contributed by atoms with Crippen molar-refractivity contribution in [1.82, 2.24) is 0 Å². The van der Waals surface area contributed by atoms with E-state index in [1.807, 2.05) is 110 Å². The second kappa shape index (κ2) is 23.9. The van der Waals surface area contributed by atoms with E-state index in [9.17, 15) is 9.59 Å². The number of carbonyl (C=O) groups is 2. The quantitative estimate of drug-likeness (QED) is 0.193. The molecule has 12 atom stereocenters. The number of ether oxygens (including phenoxy) is 10. The van der Waals surface area contributed by atoms with Crippen LogP contribution in [0.5, 0.6) is 0 Å². The summed E-state index contributed by atoms with van der Waals surface area (Å²) in [6.45, 7) is 25.4. The molecule has 0 aliphatic carbocycles. The maximum Gasteiger partial charge on any atom is 0.331 e. The average molecular weight is 923 g/mol. The van der Waals surface area contributed by atoms with Gasteiger partial charge in [0.2, 0.25) is 0 Å². The van der Waals surface area contributed by atoms with Gasteiger partial charge in [0.05, 0.1) is 48.8 Å². The highest BCUT2D eigenvalue weighted by Crippen LogP contribution is 2.41.